The predicted molar refractivity (Wildman–Crippen MR) is 90.7 cm³/mol. The van der Waals surface area contributed by atoms with E-state index < -0.39 is 17.7 Å². The quantitative estimate of drug-likeness (QED) is 0.668. The molecule has 0 aliphatic heterocycles. The number of nitrogens with one attached hydrogen (secondary N) is 3. The molecule has 2 aromatic rings. The van der Waals surface area contributed by atoms with Gasteiger partial charge in [0.25, 0.3) is 11.8 Å². The number of ether oxygens (including phenoxy) is 1. The third-order valence-corrected chi connectivity index (χ3v) is 3.09. The SMILES string of the molecule is O=C(COCC(=O)Nc1ccc(Cl)cc1)NNC(=O)c1cccnc1. The second kappa shape index (κ2) is 9.36. The van der Waals surface area contributed by atoms with E-state index in [1.165, 1.54) is 12.4 Å². The molecule has 130 valence electrons. The van der Waals surface area contributed by atoms with Crippen LogP contribution in [0.2, 0.25) is 5.02 Å². The Kier molecular flexibility index (Phi) is 6.87. The Morgan fingerprint density at radius 2 is 1.72 bits per heavy atom. The maximum Gasteiger partial charge on any atom is 0.271 e. The number of halogens is 1. The van der Waals surface area contributed by atoms with Crippen LogP contribution in [-0.2, 0) is 14.3 Å². The minimum absolute atomic E-state index is 0.297. The normalized spacial score (nSPS) is 9.96. The molecule has 0 saturated heterocycles. The summed E-state index contributed by atoms with van der Waals surface area (Å²) in [6.07, 6.45) is 2.89. The van der Waals surface area contributed by atoms with Crippen molar-refractivity contribution in [2.24, 2.45) is 0 Å². The zero-order valence-corrected chi connectivity index (χ0v) is 13.7. The summed E-state index contributed by atoms with van der Waals surface area (Å²) in [5.74, 6) is -1.53. The van der Waals surface area contributed by atoms with Crippen molar-refractivity contribution in [1.82, 2.24) is 15.8 Å². The van der Waals surface area contributed by atoms with E-state index in [0.717, 1.165) is 0 Å². The number of hydrogen-bond donors (Lipinski definition) is 3. The van der Waals surface area contributed by atoms with Crippen molar-refractivity contribution in [3.63, 3.8) is 0 Å². The van der Waals surface area contributed by atoms with E-state index in [1.54, 1.807) is 36.4 Å². The summed E-state index contributed by atoms with van der Waals surface area (Å²) in [6.45, 7) is -0.700. The van der Waals surface area contributed by atoms with Crippen LogP contribution in [-0.4, -0.2) is 35.9 Å². The molecule has 0 radical (unpaired) electrons. The first-order valence-electron chi connectivity index (χ1n) is 7.17. The summed E-state index contributed by atoms with van der Waals surface area (Å²) in [4.78, 5) is 38.7. The molecule has 3 amide bonds. The molecule has 0 aliphatic rings. The van der Waals surface area contributed by atoms with Gasteiger partial charge in [0, 0.05) is 23.1 Å². The van der Waals surface area contributed by atoms with Crippen LogP contribution in [0.3, 0.4) is 0 Å². The topological polar surface area (TPSA) is 109 Å². The third-order valence-electron chi connectivity index (χ3n) is 2.83. The number of carbonyl (C=O) groups is 3. The van der Waals surface area contributed by atoms with Crippen LogP contribution in [0.1, 0.15) is 10.4 Å². The molecular weight excluding hydrogens is 348 g/mol. The van der Waals surface area contributed by atoms with Crippen LogP contribution in [0.15, 0.2) is 48.8 Å². The number of anilines is 1. The van der Waals surface area contributed by atoms with Crippen LogP contribution < -0.4 is 16.2 Å². The Bertz CT molecular complexity index is 738. The second-order valence-electron chi connectivity index (χ2n) is 4.79. The Morgan fingerprint density at radius 3 is 2.40 bits per heavy atom. The Hall–Kier alpha value is -2.97. The van der Waals surface area contributed by atoms with Gasteiger partial charge in [-0.1, -0.05) is 11.6 Å². The smallest absolute Gasteiger partial charge is 0.271 e. The summed E-state index contributed by atoms with van der Waals surface area (Å²) < 4.78 is 4.98. The van der Waals surface area contributed by atoms with Crippen molar-refractivity contribution in [3.8, 4) is 0 Å². The molecule has 0 spiro atoms. The van der Waals surface area contributed by atoms with Gasteiger partial charge in [-0.25, -0.2) is 0 Å². The number of hydrazine groups is 1. The van der Waals surface area contributed by atoms with E-state index in [0.29, 0.717) is 16.3 Å². The predicted octanol–water partition coefficient (Wildman–Crippen LogP) is 1.15. The molecule has 9 heteroatoms. The first kappa shape index (κ1) is 18.4. The van der Waals surface area contributed by atoms with Gasteiger partial charge in [0.15, 0.2) is 0 Å². The van der Waals surface area contributed by atoms with E-state index in [-0.39, 0.29) is 13.2 Å². The van der Waals surface area contributed by atoms with Gasteiger partial charge in [0.2, 0.25) is 5.91 Å². The molecule has 0 atom stereocenters. The van der Waals surface area contributed by atoms with Crippen LogP contribution in [0.25, 0.3) is 0 Å². The van der Waals surface area contributed by atoms with E-state index in [4.69, 9.17) is 16.3 Å². The van der Waals surface area contributed by atoms with Gasteiger partial charge >= 0.3 is 0 Å². The van der Waals surface area contributed by atoms with Gasteiger partial charge in [-0.15, -0.1) is 0 Å². The largest absolute Gasteiger partial charge is 0.362 e. The van der Waals surface area contributed by atoms with Crippen molar-refractivity contribution >= 4 is 35.0 Å². The van der Waals surface area contributed by atoms with Gasteiger partial charge < -0.3 is 10.1 Å². The Morgan fingerprint density at radius 1 is 1.00 bits per heavy atom. The van der Waals surface area contributed by atoms with Crippen LogP contribution in [0.5, 0.6) is 0 Å². The third kappa shape index (κ3) is 6.58. The van der Waals surface area contributed by atoms with Gasteiger partial charge in [0.1, 0.15) is 13.2 Å². The van der Waals surface area contributed by atoms with Crippen molar-refractivity contribution in [1.29, 1.82) is 0 Å². The molecule has 2 rings (SSSR count). The monoisotopic (exact) mass is 362 g/mol. The lowest BCUT2D eigenvalue weighted by Crippen LogP contribution is -2.43. The number of pyridine rings is 1. The molecule has 1 aromatic carbocycles. The number of nitrogens with zero attached hydrogens (tertiary/aromatic N) is 1. The lowest BCUT2D eigenvalue weighted by atomic mass is 10.3. The van der Waals surface area contributed by atoms with Crippen molar-refractivity contribution in [3.05, 3.63) is 59.4 Å². The maximum atomic E-state index is 11.7. The zero-order chi connectivity index (χ0) is 18.1. The van der Waals surface area contributed by atoms with Crippen LogP contribution in [0, 0.1) is 0 Å². The standard InChI is InChI=1S/C16H15ClN4O4/c17-12-3-5-13(6-4-12)19-14(22)9-25-10-15(23)20-21-16(24)11-2-1-7-18-8-11/h1-8H,9-10H2,(H,19,22)(H,20,23)(H,21,24). The molecule has 3 N–H and O–H groups in total. The molecule has 0 fully saturated rings. The summed E-state index contributed by atoms with van der Waals surface area (Å²) in [5.41, 5.74) is 5.24. The molecule has 0 saturated carbocycles. The van der Waals surface area contributed by atoms with E-state index >= 15 is 0 Å². The molecule has 25 heavy (non-hydrogen) atoms. The zero-order valence-electron chi connectivity index (χ0n) is 13.0. The lowest BCUT2D eigenvalue weighted by Gasteiger charge is -2.08. The molecular formula is C16H15ClN4O4. The number of amides is 3. The fourth-order valence-electron chi connectivity index (χ4n) is 1.70. The Balaban J connectivity index is 1.64. The molecule has 1 heterocycles. The van der Waals surface area contributed by atoms with Crippen molar-refractivity contribution < 1.29 is 19.1 Å². The number of rotatable bonds is 6. The highest BCUT2D eigenvalue weighted by Crippen LogP contribution is 2.13. The number of aromatic nitrogens is 1. The lowest BCUT2D eigenvalue weighted by molar-refractivity contribution is -0.129. The summed E-state index contributed by atoms with van der Waals surface area (Å²) in [7, 11) is 0. The van der Waals surface area contributed by atoms with Gasteiger partial charge in [-0.05, 0) is 36.4 Å². The minimum atomic E-state index is -0.600. The van der Waals surface area contributed by atoms with Gasteiger partial charge in [-0.3, -0.25) is 30.2 Å². The van der Waals surface area contributed by atoms with Crippen LogP contribution in [0.4, 0.5) is 5.69 Å². The molecule has 8 nitrogen and oxygen atoms in total. The van der Waals surface area contributed by atoms with Gasteiger partial charge in [-0.2, -0.15) is 0 Å². The molecule has 0 unspecified atom stereocenters. The first-order chi connectivity index (χ1) is 12.0. The number of benzene rings is 1. The molecule has 1 aromatic heterocycles. The Labute approximate surface area is 148 Å². The summed E-state index contributed by atoms with van der Waals surface area (Å²) in [5, 5.41) is 3.14. The van der Waals surface area contributed by atoms with Crippen molar-refractivity contribution in [2.75, 3.05) is 18.5 Å². The minimum Gasteiger partial charge on any atom is -0.362 e. The van der Waals surface area contributed by atoms with E-state index in [2.05, 4.69) is 21.2 Å². The summed E-state index contributed by atoms with van der Waals surface area (Å²) in [6, 6.07) is 9.69. The van der Waals surface area contributed by atoms with Crippen molar-refractivity contribution in [2.45, 2.75) is 0 Å². The summed E-state index contributed by atoms with van der Waals surface area (Å²) >= 11 is 5.74. The fourth-order valence-corrected chi connectivity index (χ4v) is 1.82. The van der Waals surface area contributed by atoms with Gasteiger partial charge in [0.05, 0.1) is 5.56 Å². The highest BCUT2D eigenvalue weighted by Gasteiger charge is 2.08. The average Bonchev–Trinajstić information content (AvgIpc) is 2.62. The van der Waals surface area contributed by atoms with E-state index in [9.17, 15) is 14.4 Å². The highest BCUT2D eigenvalue weighted by atomic mass is 35.5. The molecule has 0 aliphatic carbocycles. The highest BCUT2D eigenvalue weighted by molar-refractivity contribution is 6.30. The average molecular weight is 363 g/mol. The second-order valence-corrected chi connectivity index (χ2v) is 5.23. The number of hydrogen-bond acceptors (Lipinski definition) is 5. The number of carbonyl (C=O) groups excluding carboxylic acids is 3. The first-order valence-corrected chi connectivity index (χ1v) is 7.55. The molecule has 0 bridgehead atoms. The van der Waals surface area contributed by atoms with Crippen LogP contribution >= 0.6 is 11.6 Å². The maximum absolute atomic E-state index is 11.7. The van der Waals surface area contributed by atoms with E-state index in [1.807, 2.05) is 0 Å². The fraction of sp³-hybridized carbons (Fsp3) is 0.125.